The van der Waals surface area contributed by atoms with Crippen LogP contribution >= 0.6 is 0 Å². The smallest absolute Gasteiger partial charge is 0.311 e. The number of benzene rings is 3. The van der Waals surface area contributed by atoms with Crippen LogP contribution in [0.4, 0.5) is 0 Å². The second-order valence-electron chi connectivity index (χ2n) is 8.73. The zero-order valence-electron chi connectivity index (χ0n) is 20.3. The molecule has 0 spiro atoms. The van der Waals surface area contributed by atoms with E-state index in [1.807, 2.05) is 66.7 Å². The third-order valence-electron chi connectivity index (χ3n) is 5.91. The van der Waals surface area contributed by atoms with Gasteiger partial charge in [-0.15, -0.1) is 0 Å². The number of carbonyl (C=O) groups is 1. The van der Waals surface area contributed by atoms with Crippen LogP contribution in [0.1, 0.15) is 57.4 Å². The molecule has 0 atom stereocenters. The molecular weight excluding hydrogens is 436 g/mol. The third kappa shape index (κ3) is 7.38. The van der Waals surface area contributed by atoms with Gasteiger partial charge in [0.2, 0.25) is 0 Å². The van der Waals surface area contributed by atoms with Crippen molar-refractivity contribution in [2.75, 3.05) is 0 Å². The number of hydrogen-bond acceptors (Lipinski definition) is 5. The quantitative estimate of drug-likeness (QED) is 0.122. The number of esters is 1. The van der Waals surface area contributed by atoms with E-state index in [1.165, 1.54) is 25.7 Å². The van der Waals surface area contributed by atoms with Gasteiger partial charge in [0.25, 0.3) is 0 Å². The zero-order valence-corrected chi connectivity index (χ0v) is 20.3. The second-order valence-corrected chi connectivity index (χ2v) is 8.73. The molecule has 5 heteroatoms. The van der Waals surface area contributed by atoms with E-state index in [9.17, 15) is 4.79 Å². The van der Waals surface area contributed by atoms with E-state index in [0.29, 0.717) is 30.4 Å². The van der Waals surface area contributed by atoms with Crippen LogP contribution < -0.4 is 9.47 Å². The van der Waals surface area contributed by atoms with Crippen molar-refractivity contribution in [3.63, 3.8) is 0 Å². The molecule has 0 saturated heterocycles. The molecule has 0 aliphatic rings. The topological polar surface area (TPSA) is 61.3 Å². The monoisotopic (exact) mass is 468 g/mol. The van der Waals surface area contributed by atoms with Gasteiger partial charge in [0.15, 0.2) is 11.6 Å². The highest BCUT2D eigenvalue weighted by atomic mass is 16.5. The van der Waals surface area contributed by atoms with Gasteiger partial charge in [-0.2, -0.15) is 0 Å². The van der Waals surface area contributed by atoms with E-state index in [1.54, 1.807) is 12.4 Å². The van der Waals surface area contributed by atoms with Crippen LogP contribution in [0.15, 0.2) is 79.1 Å². The molecule has 1 heterocycles. The first-order chi connectivity index (χ1) is 17.2. The van der Waals surface area contributed by atoms with Crippen molar-refractivity contribution in [2.24, 2.45) is 0 Å². The predicted octanol–water partition coefficient (Wildman–Crippen LogP) is 7.53. The van der Waals surface area contributed by atoms with Crippen molar-refractivity contribution in [1.82, 2.24) is 9.97 Å². The summed E-state index contributed by atoms with van der Waals surface area (Å²) >= 11 is 0. The molecule has 5 nitrogen and oxygen atoms in total. The summed E-state index contributed by atoms with van der Waals surface area (Å²) in [6.45, 7) is 2.68. The largest absolute Gasteiger partial charge is 0.486 e. The number of unbranched alkanes of at least 4 members (excludes halogenated alkanes) is 5. The summed E-state index contributed by atoms with van der Waals surface area (Å²) in [7, 11) is 0. The van der Waals surface area contributed by atoms with Gasteiger partial charge in [0.05, 0.1) is 12.4 Å². The Morgan fingerprint density at radius 2 is 1.49 bits per heavy atom. The molecule has 1 aromatic heterocycles. The molecule has 4 aromatic rings. The maximum atomic E-state index is 12.2. The predicted molar refractivity (Wildman–Crippen MR) is 139 cm³/mol. The summed E-state index contributed by atoms with van der Waals surface area (Å²) in [6.07, 6.45) is 10.8. The van der Waals surface area contributed by atoms with E-state index < -0.39 is 0 Å². The molecule has 35 heavy (non-hydrogen) atoms. The van der Waals surface area contributed by atoms with Gasteiger partial charge in [-0.05, 0) is 41.0 Å². The van der Waals surface area contributed by atoms with Gasteiger partial charge < -0.3 is 9.47 Å². The maximum absolute atomic E-state index is 12.2. The minimum atomic E-state index is -0.167. The van der Waals surface area contributed by atoms with Crippen LogP contribution in [-0.4, -0.2) is 15.9 Å². The molecule has 180 valence electrons. The summed E-state index contributed by atoms with van der Waals surface area (Å²) in [6, 6.07) is 21.7. The number of rotatable bonds is 12. The van der Waals surface area contributed by atoms with Gasteiger partial charge >= 0.3 is 5.97 Å². The SMILES string of the molecule is CCCCCCCCC(=O)Oc1ccc2cc(-c3ncc(OCc4ccccc4)cn3)ccc2c1. The van der Waals surface area contributed by atoms with Crippen LogP contribution in [0, 0.1) is 0 Å². The van der Waals surface area contributed by atoms with Gasteiger partial charge in [-0.1, -0.05) is 87.6 Å². The van der Waals surface area contributed by atoms with Crippen molar-refractivity contribution in [3.05, 3.63) is 84.7 Å². The lowest BCUT2D eigenvalue weighted by Crippen LogP contribution is -2.07. The molecule has 0 fully saturated rings. The molecular formula is C30H32N2O3. The van der Waals surface area contributed by atoms with E-state index >= 15 is 0 Å². The van der Waals surface area contributed by atoms with Gasteiger partial charge in [0.1, 0.15) is 12.4 Å². The van der Waals surface area contributed by atoms with Gasteiger partial charge in [-0.25, -0.2) is 9.97 Å². The molecule has 0 unspecified atom stereocenters. The Bertz CT molecular complexity index is 1220. The van der Waals surface area contributed by atoms with Crippen LogP contribution in [0.2, 0.25) is 0 Å². The number of nitrogens with zero attached hydrogens (tertiary/aromatic N) is 2. The van der Waals surface area contributed by atoms with E-state index in [-0.39, 0.29) is 5.97 Å². The number of carbonyl (C=O) groups excluding carboxylic acids is 1. The Morgan fingerprint density at radius 1 is 0.771 bits per heavy atom. The molecule has 4 rings (SSSR count). The standard InChI is InChI=1S/C30H32N2O3/c1-2-3-4-5-6-10-13-29(33)35-27-17-16-24-18-26(15-14-25(24)19-27)30-31-20-28(21-32-30)34-22-23-11-8-7-9-12-23/h7-9,11-12,14-21H,2-6,10,13,22H2,1H3. The van der Waals surface area contributed by atoms with E-state index in [2.05, 4.69) is 16.9 Å². The minimum Gasteiger partial charge on any atom is -0.486 e. The lowest BCUT2D eigenvalue weighted by atomic mass is 10.1. The van der Waals surface area contributed by atoms with Crippen molar-refractivity contribution < 1.29 is 14.3 Å². The Labute approximate surface area is 207 Å². The van der Waals surface area contributed by atoms with Crippen LogP contribution in [0.5, 0.6) is 11.5 Å². The van der Waals surface area contributed by atoms with Crippen molar-refractivity contribution in [3.8, 4) is 22.9 Å². The van der Waals surface area contributed by atoms with Gasteiger partial charge in [-0.3, -0.25) is 4.79 Å². The normalized spacial score (nSPS) is 10.9. The fourth-order valence-corrected chi connectivity index (χ4v) is 3.94. The lowest BCUT2D eigenvalue weighted by molar-refractivity contribution is -0.134. The van der Waals surface area contributed by atoms with Crippen LogP contribution in [-0.2, 0) is 11.4 Å². The molecule has 0 N–H and O–H groups in total. The molecule has 0 saturated carbocycles. The molecule has 0 bridgehead atoms. The Morgan fingerprint density at radius 3 is 2.29 bits per heavy atom. The zero-order chi connectivity index (χ0) is 24.3. The number of fused-ring (bicyclic) bond motifs is 1. The number of ether oxygens (including phenoxy) is 2. The molecule has 0 amide bonds. The second kappa shape index (κ2) is 12.7. The van der Waals surface area contributed by atoms with E-state index in [4.69, 9.17) is 9.47 Å². The first kappa shape index (κ1) is 24.4. The highest BCUT2D eigenvalue weighted by Crippen LogP contribution is 2.26. The molecule has 0 aliphatic heterocycles. The van der Waals surface area contributed by atoms with E-state index in [0.717, 1.165) is 34.7 Å². The molecule has 0 aliphatic carbocycles. The third-order valence-corrected chi connectivity index (χ3v) is 5.91. The fourth-order valence-electron chi connectivity index (χ4n) is 3.94. The number of aromatic nitrogens is 2. The molecule has 0 radical (unpaired) electrons. The van der Waals surface area contributed by atoms with Crippen LogP contribution in [0.25, 0.3) is 22.2 Å². The average Bonchev–Trinajstić information content (AvgIpc) is 2.90. The average molecular weight is 469 g/mol. The van der Waals surface area contributed by atoms with Crippen LogP contribution in [0.3, 0.4) is 0 Å². The summed E-state index contributed by atoms with van der Waals surface area (Å²) in [5.74, 6) is 1.68. The lowest BCUT2D eigenvalue weighted by Gasteiger charge is -2.08. The summed E-state index contributed by atoms with van der Waals surface area (Å²) in [5, 5.41) is 2.03. The molecule has 3 aromatic carbocycles. The first-order valence-electron chi connectivity index (χ1n) is 12.4. The summed E-state index contributed by atoms with van der Waals surface area (Å²) < 4.78 is 11.3. The van der Waals surface area contributed by atoms with Gasteiger partial charge in [0, 0.05) is 12.0 Å². The fraction of sp³-hybridized carbons (Fsp3) is 0.300. The Balaban J connectivity index is 1.32. The summed E-state index contributed by atoms with van der Waals surface area (Å²) in [4.78, 5) is 21.1. The maximum Gasteiger partial charge on any atom is 0.311 e. The number of hydrogen-bond donors (Lipinski definition) is 0. The highest BCUT2D eigenvalue weighted by Gasteiger charge is 2.08. The Hall–Kier alpha value is -3.73. The van der Waals surface area contributed by atoms with Crippen molar-refractivity contribution in [2.45, 2.75) is 58.5 Å². The first-order valence-corrected chi connectivity index (χ1v) is 12.4. The Kier molecular flexibility index (Phi) is 8.82. The van der Waals surface area contributed by atoms with Crippen molar-refractivity contribution >= 4 is 16.7 Å². The minimum absolute atomic E-state index is 0.167. The highest BCUT2D eigenvalue weighted by molar-refractivity contribution is 5.88. The summed E-state index contributed by atoms with van der Waals surface area (Å²) in [5.41, 5.74) is 2.01. The van der Waals surface area contributed by atoms with Crippen molar-refractivity contribution in [1.29, 1.82) is 0 Å².